The molecule has 3 aromatic rings. The van der Waals surface area contributed by atoms with Gasteiger partial charge >= 0.3 is 0 Å². The number of benzene rings is 2. The van der Waals surface area contributed by atoms with Gasteiger partial charge in [0.25, 0.3) is 0 Å². The summed E-state index contributed by atoms with van der Waals surface area (Å²) in [6.07, 6.45) is 1.01. The van der Waals surface area contributed by atoms with Gasteiger partial charge in [0.15, 0.2) is 5.75 Å². The molecule has 1 unspecified atom stereocenters. The lowest BCUT2D eigenvalue weighted by atomic mass is 10.0. The van der Waals surface area contributed by atoms with Crippen molar-refractivity contribution in [2.24, 2.45) is 16.8 Å². The first-order valence-electron chi connectivity index (χ1n) is 9.90. The van der Waals surface area contributed by atoms with Crippen LogP contribution < -0.4 is 15.5 Å². The number of anilines is 1. The van der Waals surface area contributed by atoms with Crippen molar-refractivity contribution in [1.29, 1.82) is 5.26 Å². The molecule has 0 amide bonds. The highest BCUT2D eigenvalue weighted by Gasteiger charge is 2.27. The molecule has 8 nitrogen and oxygen atoms in total. The minimum Gasteiger partial charge on any atom is -0.437 e. The van der Waals surface area contributed by atoms with Crippen molar-refractivity contribution in [1.82, 2.24) is 9.97 Å². The van der Waals surface area contributed by atoms with Crippen LogP contribution >= 0.6 is 0 Å². The molecule has 0 spiro atoms. The van der Waals surface area contributed by atoms with Crippen molar-refractivity contribution >= 4 is 11.9 Å². The minimum atomic E-state index is -0.672. The van der Waals surface area contributed by atoms with E-state index >= 15 is 0 Å². The standard InChI is InChI=1S/C23H22N6O2/c1-15-27-19(17-5-3-2-4-6-17)10-23(28-15)31-22-9-16(11-24)7-8-20(22)29-14-18(13-26-29)21(30)12-25/h2-10,13,18,21,30H,12,14,25H2,1H3/t18?,21-/m0/s1. The molecular weight excluding hydrogens is 392 g/mol. The molecule has 2 atom stereocenters. The average molecular weight is 414 g/mol. The highest BCUT2D eigenvalue weighted by atomic mass is 16.5. The molecule has 0 fully saturated rings. The number of aromatic nitrogens is 2. The monoisotopic (exact) mass is 414 g/mol. The largest absolute Gasteiger partial charge is 0.437 e. The Morgan fingerprint density at radius 1 is 1.23 bits per heavy atom. The summed E-state index contributed by atoms with van der Waals surface area (Å²) in [6, 6.07) is 18.8. The fraction of sp³-hybridized carbons (Fsp3) is 0.217. The summed E-state index contributed by atoms with van der Waals surface area (Å²) < 4.78 is 6.12. The number of ether oxygens (including phenoxy) is 1. The molecule has 3 N–H and O–H groups in total. The minimum absolute atomic E-state index is 0.156. The lowest BCUT2D eigenvalue weighted by Gasteiger charge is -2.21. The molecule has 156 valence electrons. The number of nitrogens with zero attached hydrogens (tertiary/aromatic N) is 5. The molecule has 0 bridgehead atoms. The smallest absolute Gasteiger partial charge is 0.223 e. The van der Waals surface area contributed by atoms with Crippen molar-refractivity contribution in [3.05, 3.63) is 66.0 Å². The predicted octanol–water partition coefficient (Wildman–Crippen LogP) is 2.86. The van der Waals surface area contributed by atoms with E-state index in [1.165, 1.54) is 0 Å². The van der Waals surface area contributed by atoms with Gasteiger partial charge in [0, 0.05) is 36.4 Å². The van der Waals surface area contributed by atoms with Gasteiger partial charge in [-0.2, -0.15) is 15.3 Å². The number of aryl methyl sites for hydroxylation is 1. The van der Waals surface area contributed by atoms with E-state index in [-0.39, 0.29) is 12.5 Å². The van der Waals surface area contributed by atoms with Crippen LogP contribution in [0, 0.1) is 24.2 Å². The predicted molar refractivity (Wildman–Crippen MR) is 118 cm³/mol. The quantitative estimate of drug-likeness (QED) is 0.636. The Bertz CT molecular complexity index is 1140. The molecule has 0 saturated heterocycles. The summed E-state index contributed by atoms with van der Waals surface area (Å²) in [5.41, 5.74) is 8.39. The fourth-order valence-corrected chi connectivity index (χ4v) is 3.36. The van der Waals surface area contributed by atoms with Crippen molar-refractivity contribution in [3.8, 4) is 29.0 Å². The van der Waals surface area contributed by atoms with Gasteiger partial charge in [-0.15, -0.1) is 0 Å². The molecule has 1 aromatic heterocycles. The third kappa shape index (κ3) is 4.53. The van der Waals surface area contributed by atoms with Crippen LogP contribution in [0.4, 0.5) is 5.69 Å². The zero-order chi connectivity index (χ0) is 21.8. The van der Waals surface area contributed by atoms with E-state index in [2.05, 4.69) is 21.1 Å². The SMILES string of the molecule is Cc1nc(Oc2cc(C#N)ccc2N2CC([C@@H](O)CN)C=N2)cc(-c2ccccc2)n1. The molecule has 2 aromatic carbocycles. The maximum Gasteiger partial charge on any atom is 0.223 e. The zero-order valence-corrected chi connectivity index (χ0v) is 17.0. The van der Waals surface area contributed by atoms with Gasteiger partial charge < -0.3 is 15.6 Å². The maximum absolute atomic E-state index is 10.0. The Balaban J connectivity index is 1.67. The number of nitrogens with two attached hydrogens (primary N) is 1. The zero-order valence-electron chi connectivity index (χ0n) is 17.0. The van der Waals surface area contributed by atoms with E-state index in [9.17, 15) is 10.4 Å². The second-order valence-corrected chi connectivity index (χ2v) is 7.21. The highest BCUT2D eigenvalue weighted by Crippen LogP contribution is 2.35. The number of aliphatic hydroxyl groups excluding tert-OH is 1. The van der Waals surface area contributed by atoms with Crippen molar-refractivity contribution in [3.63, 3.8) is 0 Å². The van der Waals surface area contributed by atoms with Crippen LogP contribution in [0.2, 0.25) is 0 Å². The number of hydrogen-bond acceptors (Lipinski definition) is 8. The van der Waals surface area contributed by atoms with Gasteiger partial charge in [0.05, 0.1) is 30.0 Å². The van der Waals surface area contributed by atoms with E-state index in [1.807, 2.05) is 30.3 Å². The van der Waals surface area contributed by atoms with E-state index in [0.29, 0.717) is 35.2 Å². The van der Waals surface area contributed by atoms with Crippen molar-refractivity contribution in [2.75, 3.05) is 18.1 Å². The first-order valence-corrected chi connectivity index (χ1v) is 9.90. The van der Waals surface area contributed by atoms with Crippen molar-refractivity contribution < 1.29 is 9.84 Å². The normalized spacial score (nSPS) is 16.2. The third-order valence-electron chi connectivity index (χ3n) is 4.98. The van der Waals surface area contributed by atoms with Crippen LogP contribution in [0.3, 0.4) is 0 Å². The lowest BCUT2D eigenvalue weighted by molar-refractivity contribution is 0.153. The average Bonchev–Trinajstić information content (AvgIpc) is 3.28. The Kier molecular flexibility index (Phi) is 5.89. The number of hydrazone groups is 1. The van der Waals surface area contributed by atoms with Gasteiger partial charge in [0.1, 0.15) is 11.5 Å². The maximum atomic E-state index is 10.0. The molecule has 4 rings (SSSR count). The highest BCUT2D eigenvalue weighted by molar-refractivity contribution is 5.72. The summed E-state index contributed by atoms with van der Waals surface area (Å²) in [5, 5.41) is 25.5. The molecule has 2 heterocycles. The number of nitriles is 1. The summed E-state index contributed by atoms with van der Waals surface area (Å²) >= 11 is 0. The van der Waals surface area contributed by atoms with E-state index in [1.54, 1.807) is 42.4 Å². The van der Waals surface area contributed by atoms with Gasteiger partial charge in [-0.25, -0.2) is 4.98 Å². The molecule has 31 heavy (non-hydrogen) atoms. The Hall–Kier alpha value is -3.80. The second kappa shape index (κ2) is 8.92. The Labute approximate surface area is 180 Å². The van der Waals surface area contributed by atoms with Gasteiger partial charge in [-0.1, -0.05) is 30.3 Å². The number of rotatable bonds is 6. The summed E-state index contributed by atoms with van der Waals surface area (Å²) in [5.74, 6) is 1.19. The van der Waals surface area contributed by atoms with E-state index in [4.69, 9.17) is 10.5 Å². The third-order valence-corrected chi connectivity index (χ3v) is 4.98. The first kappa shape index (κ1) is 20.5. The second-order valence-electron chi connectivity index (χ2n) is 7.21. The summed E-state index contributed by atoms with van der Waals surface area (Å²) in [6.45, 7) is 2.41. The van der Waals surface area contributed by atoms with E-state index < -0.39 is 6.10 Å². The molecule has 1 aliphatic heterocycles. The van der Waals surface area contributed by atoms with Crippen LogP contribution in [0.1, 0.15) is 11.4 Å². The lowest BCUT2D eigenvalue weighted by Crippen LogP contribution is -2.33. The number of aliphatic hydroxyl groups is 1. The van der Waals surface area contributed by atoms with Crippen molar-refractivity contribution in [2.45, 2.75) is 13.0 Å². The molecular formula is C23H22N6O2. The van der Waals surface area contributed by atoms with Crippen LogP contribution in [0.5, 0.6) is 11.6 Å². The molecule has 0 radical (unpaired) electrons. The van der Waals surface area contributed by atoms with Gasteiger partial charge in [-0.3, -0.25) is 5.01 Å². The topological polar surface area (TPSA) is 121 Å². The molecule has 1 aliphatic rings. The summed E-state index contributed by atoms with van der Waals surface area (Å²) in [7, 11) is 0. The molecule has 0 saturated carbocycles. The van der Waals surface area contributed by atoms with Crippen LogP contribution in [0.15, 0.2) is 59.7 Å². The number of hydrogen-bond donors (Lipinski definition) is 2. The van der Waals surface area contributed by atoms with Crippen LogP contribution in [-0.4, -0.2) is 40.5 Å². The Morgan fingerprint density at radius 2 is 2.03 bits per heavy atom. The molecule has 8 heteroatoms. The van der Waals surface area contributed by atoms with Crippen LogP contribution in [0.25, 0.3) is 11.3 Å². The fourth-order valence-electron chi connectivity index (χ4n) is 3.36. The molecule has 0 aliphatic carbocycles. The Morgan fingerprint density at radius 3 is 2.77 bits per heavy atom. The van der Waals surface area contributed by atoms with Gasteiger partial charge in [-0.05, 0) is 19.1 Å². The van der Waals surface area contributed by atoms with Gasteiger partial charge in [0.2, 0.25) is 5.88 Å². The van der Waals surface area contributed by atoms with E-state index in [0.717, 1.165) is 11.3 Å². The first-order chi connectivity index (χ1) is 15.1. The summed E-state index contributed by atoms with van der Waals surface area (Å²) in [4.78, 5) is 8.91. The van der Waals surface area contributed by atoms with Crippen LogP contribution in [-0.2, 0) is 0 Å².